The van der Waals surface area contributed by atoms with Crippen LogP contribution in [0.15, 0.2) is 23.8 Å². The molecule has 0 amide bonds. The Kier molecular flexibility index (Phi) is 5.41. The lowest BCUT2D eigenvalue weighted by molar-refractivity contribution is -0.281. The van der Waals surface area contributed by atoms with E-state index in [9.17, 15) is 29.4 Å². The van der Waals surface area contributed by atoms with Gasteiger partial charge in [-0.1, -0.05) is 13.5 Å². The molecule has 0 aromatic heterocycles. The average molecular weight is 450 g/mol. The molecule has 5 aliphatic rings. The van der Waals surface area contributed by atoms with Crippen molar-refractivity contribution in [3.05, 3.63) is 23.8 Å². The number of esters is 4. The van der Waals surface area contributed by atoms with Gasteiger partial charge in [0.05, 0.1) is 18.1 Å². The molecule has 3 aliphatic heterocycles. The summed E-state index contributed by atoms with van der Waals surface area (Å²) in [7, 11) is 0. The molecule has 2 aliphatic carbocycles. The third-order valence-electron chi connectivity index (χ3n) is 7.29. The zero-order valence-corrected chi connectivity index (χ0v) is 17.9. The first-order valence-corrected chi connectivity index (χ1v) is 10.5. The second-order valence-corrected chi connectivity index (χ2v) is 9.10. The standard InChI is InChI=1S/C22H26O10/c1-10-15-13(30-19(26)12(9-23)5-7-29-11(2)24)8-21(3)14-4-6-22(28,20(27)31-14)17(21)16(15)32-18(10)25/h5,13-17,23,28H,1,4,6-9H2,2-3H3/b12-5-/t13-,14+,15+,16-,17?,21-,22+/m0/s1. The Morgan fingerprint density at radius 3 is 2.66 bits per heavy atom. The molecule has 32 heavy (non-hydrogen) atoms. The maximum atomic E-state index is 12.8. The highest BCUT2D eigenvalue weighted by molar-refractivity contribution is 5.92. The molecule has 174 valence electrons. The Morgan fingerprint density at radius 1 is 1.31 bits per heavy atom. The molecule has 3 heterocycles. The van der Waals surface area contributed by atoms with Crippen LogP contribution in [0.4, 0.5) is 0 Å². The van der Waals surface area contributed by atoms with E-state index in [2.05, 4.69) is 6.58 Å². The molecular formula is C22H26O10. The molecule has 5 fully saturated rings. The van der Waals surface area contributed by atoms with Crippen LogP contribution in [0.3, 0.4) is 0 Å². The van der Waals surface area contributed by atoms with Gasteiger partial charge in [0.1, 0.15) is 24.9 Å². The van der Waals surface area contributed by atoms with E-state index >= 15 is 0 Å². The van der Waals surface area contributed by atoms with E-state index in [-0.39, 0.29) is 30.6 Å². The maximum absolute atomic E-state index is 12.8. The Balaban J connectivity index is 1.64. The van der Waals surface area contributed by atoms with Crippen molar-refractivity contribution in [1.29, 1.82) is 0 Å². The molecule has 10 nitrogen and oxygen atoms in total. The molecule has 2 bridgehead atoms. The predicted octanol–water partition coefficient (Wildman–Crippen LogP) is -0.0457. The molecule has 1 unspecified atom stereocenters. The zero-order valence-electron chi connectivity index (χ0n) is 17.9. The monoisotopic (exact) mass is 450 g/mol. The predicted molar refractivity (Wildman–Crippen MR) is 104 cm³/mol. The number of fused-ring (bicyclic) bond motifs is 3. The van der Waals surface area contributed by atoms with Crippen molar-refractivity contribution in [2.24, 2.45) is 17.3 Å². The summed E-state index contributed by atoms with van der Waals surface area (Å²) in [5.41, 5.74) is -2.62. The maximum Gasteiger partial charge on any atom is 0.338 e. The molecule has 2 saturated carbocycles. The number of hydrogen-bond acceptors (Lipinski definition) is 10. The number of carbonyl (C=O) groups is 4. The highest BCUT2D eigenvalue weighted by Crippen LogP contribution is 2.62. The summed E-state index contributed by atoms with van der Waals surface area (Å²) in [6, 6.07) is 0. The summed E-state index contributed by atoms with van der Waals surface area (Å²) >= 11 is 0. The first-order chi connectivity index (χ1) is 15.0. The molecule has 2 N–H and O–H groups in total. The molecule has 0 radical (unpaired) electrons. The van der Waals surface area contributed by atoms with Crippen molar-refractivity contribution >= 4 is 23.9 Å². The van der Waals surface area contributed by atoms with Crippen LogP contribution in [-0.4, -0.2) is 71.2 Å². The second kappa shape index (κ2) is 7.70. The van der Waals surface area contributed by atoms with E-state index in [0.717, 1.165) is 0 Å². The highest BCUT2D eigenvalue weighted by atomic mass is 16.6. The number of hydrogen-bond donors (Lipinski definition) is 2. The number of aliphatic hydroxyl groups is 2. The van der Waals surface area contributed by atoms with Crippen LogP contribution >= 0.6 is 0 Å². The van der Waals surface area contributed by atoms with Gasteiger partial charge < -0.3 is 29.2 Å². The molecule has 0 aromatic rings. The summed E-state index contributed by atoms with van der Waals surface area (Å²) in [5.74, 6) is -4.26. The number of carbonyl (C=O) groups excluding carboxylic acids is 4. The van der Waals surface area contributed by atoms with Crippen LogP contribution in [0.1, 0.15) is 33.1 Å². The van der Waals surface area contributed by atoms with Gasteiger partial charge in [0.2, 0.25) is 0 Å². The Hall–Kier alpha value is -2.72. The summed E-state index contributed by atoms with van der Waals surface area (Å²) in [6.07, 6.45) is -0.224. The number of ether oxygens (including phenoxy) is 4. The van der Waals surface area contributed by atoms with Crippen LogP contribution in [0, 0.1) is 17.3 Å². The lowest BCUT2D eigenvalue weighted by Crippen LogP contribution is -2.73. The van der Waals surface area contributed by atoms with Gasteiger partial charge in [-0.2, -0.15) is 0 Å². The van der Waals surface area contributed by atoms with Crippen molar-refractivity contribution in [1.82, 2.24) is 0 Å². The summed E-state index contributed by atoms with van der Waals surface area (Å²) in [4.78, 5) is 48.5. The highest BCUT2D eigenvalue weighted by Gasteiger charge is 2.73. The van der Waals surface area contributed by atoms with E-state index < -0.39 is 71.6 Å². The van der Waals surface area contributed by atoms with Crippen molar-refractivity contribution in [2.75, 3.05) is 13.2 Å². The van der Waals surface area contributed by atoms with E-state index in [1.54, 1.807) is 0 Å². The largest absolute Gasteiger partial charge is 0.462 e. The van der Waals surface area contributed by atoms with Gasteiger partial charge >= 0.3 is 23.9 Å². The lowest BCUT2D eigenvalue weighted by atomic mass is 9.48. The van der Waals surface area contributed by atoms with Gasteiger partial charge in [-0.05, 0) is 25.3 Å². The van der Waals surface area contributed by atoms with Crippen LogP contribution in [0.2, 0.25) is 0 Å². The second-order valence-electron chi connectivity index (χ2n) is 9.10. The fourth-order valence-corrected chi connectivity index (χ4v) is 5.82. The third-order valence-corrected chi connectivity index (χ3v) is 7.29. The molecule has 0 aromatic carbocycles. The van der Waals surface area contributed by atoms with Crippen LogP contribution in [0.25, 0.3) is 0 Å². The minimum absolute atomic E-state index is 0.0997. The molecule has 10 heteroatoms. The van der Waals surface area contributed by atoms with E-state index in [1.165, 1.54) is 13.0 Å². The summed E-state index contributed by atoms with van der Waals surface area (Å²) in [6.45, 7) is 5.98. The van der Waals surface area contributed by atoms with Gasteiger partial charge in [-0.25, -0.2) is 14.4 Å². The Bertz CT molecular complexity index is 922. The summed E-state index contributed by atoms with van der Waals surface area (Å²) in [5, 5.41) is 20.8. The van der Waals surface area contributed by atoms with Crippen LogP contribution in [-0.2, 0) is 38.1 Å². The topological polar surface area (TPSA) is 146 Å². The Labute approximate surface area is 184 Å². The Morgan fingerprint density at radius 2 is 2.03 bits per heavy atom. The van der Waals surface area contributed by atoms with Crippen LogP contribution < -0.4 is 0 Å². The van der Waals surface area contributed by atoms with Gasteiger partial charge in [-0.15, -0.1) is 0 Å². The van der Waals surface area contributed by atoms with Crippen molar-refractivity contribution in [3.8, 4) is 0 Å². The van der Waals surface area contributed by atoms with Gasteiger partial charge in [0, 0.05) is 23.8 Å². The molecule has 5 rings (SSSR count). The quantitative estimate of drug-likeness (QED) is 0.332. The van der Waals surface area contributed by atoms with Crippen molar-refractivity contribution < 1.29 is 48.3 Å². The molecular weight excluding hydrogens is 424 g/mol. The normalized spacial score (nSPS) is 40.2. The first kappa shape index (κ1) is 22.5. The minimum atomic E-state index is -1.80. The smallest absolute Gasteiger partial charge is 0.338 e. The zero-order chi connectivity index (χ0) is 23.4. The van der Waals surface area contributed by atoms with Crippen molar-refractivity contribution in [2.45, 2.75) is 57.0 Å². The summed E-state index contributed by atoms with van der Waals surface area (Å²) < 4.78 is 21.5. The average Bonchev–Trinajstić information content (AvgIpc) is 3.00. The van der Waals surface area contributed by atoms with E-state index in [0.29, 0.717) is 6.42 Å². The van der Waals surface area contributed by atoms with Gasteiger partial charge in [0.15, 0.2) is 5.60 Å². The lowest BCUT2D eigenvalue weighted by Gasteiger charge is -2.62. The number of aliphatic hydroxyl groups excluding tert-OH is 1. The molecule has 7 atom stereocenters. The fraction of sp³-hybridized carbons (Fsp3) is 0.636. The SMILES string of the molecule is C=C1C(=O)O[C@@H]2C3[C@]4(O)CC[C@@H](OC4=O)[C@]3(C)C[C@H](OC(=O)/C(=C\COC(C)=O)CO)[C@@H]12. The molecule has 3 saturated heterocycles. The third kappa shape index (κ3) is 3.24. The molecule has 0 spiro atoms. The fourth-order valence-electron chi connectivity index (χ4n) is 5.82. The minimum Gasteiger partial charge on any atom is -0.462 e. The van der Waals surface area contributed by atoms with Gasteiger partial charge in [0.25, 0.3) is 0 Å². The van der Waals surface area contributed by atoms with E-state index in [1.807, 2.05) is 6.92 Å². The first-order valence-electron chi connectivity index (χ1n) is 10.5. The van der Waals surface area contributed by atoms with Crippen molar-refractivity contribution in [3.63, 3.8) is 0 Å². The van der Waals surface area contributed by atoms with E-state index in [4.69, 9.17) is 18.9 Å². The number of rotatable bonds is 5. The van der Waals surface area contributed by atoms with Crippen LogP contribution in [0.5, 0.6) is 0 Å². The van der Waals surface area contributed by atoms with Gasteiger partial charge in [-0.3, -0.25) is 4.79 Å².